The summed E-state index contributed by atoms with van der Waals surface area (Å²) in [5.74, 6) is -0.194. The number of carbonyl (C=O) groups excluding carboxylic acids is 1. The van der Waals surface area contributed by atoms with Gasteiger partial charge in [0.15, 0.2) is 5.78 Å². The first-order valence-electron chi connectivity index (χ1n) is 6.86. The van der Waals surface area contributed by atoms with Crippen LogP contribution in [0.3, 0.4) is 0 Å². The number of hydrogen-bond acceptors (Lipinski definition) is 2. The summed E-state index contributed by atoms with van der Waals surface area (Å²) in [4.78, 5) is 12.6. The fourth-order valence-corrected chi connectivity index (χ4v) is 3.15. The minimum atomic E-state index is -0.194. The molecule has 0 aliphatic carbocycles. The summed E-state index contributed by atoms with van der Waals surface area (Å²) >= 11 is 12.0. The number of carbonyl (C=O) groups is 1. The van der Waals surface area contributed by atoms with Crippen molar-refractivity contribution in [2.75, 3.05) is 0 Å². The Labute approximate surface area is 144 Å². The molecule has 0 aliphatic rings. The molecule has 23 heavy (non-hydrogen) atoms. The molecule has 0 amide bonds. The normalized spacial score (nSPS) is 11.1. The summed E-state index contributed by atoms with van der Waals surface area (Å²) in [5, 5.41) is 9.00. The third-order valence-corrected chi connectivity index (χ3v) is 4.33. The molecule has 4 nitrogen and oxygen atoms in total. The number of hydrogen-bond donors (Lipinski definition) is 1. The monoisotopic (exact) mass is 343 g/mol. The maximum Gasteiger partial charge on any atom is 0.203 e. The second kappa shape index (κ2) is 5.91. The van der Waals surface area contributed by atoms with Crippen molar-refractivity contribution in [2.24, 2.45) is 7.05 Å². The van der Waals surface area contributed by atoms with E-state index in [2.05, 4.69) is 0 Å². The molecular formula is C16H12BCl2N3O. The Kier molecular flexibility index (Phi) is 4.09. The van der Waals surface area contributed by atoms with Crippen LogP contribution in [0.4, 0.5) is 0 Å². The van der Waals surface area contributed by atoms with Crippen LogP contribution in [-0.4, -0.2) is 22.8 Å². The largest absolute Gasteiger partial charge is 0.314 e. The summed E-state index contributed by atoms with van der Waals surface area (Å²) in [5.41, 5.74) is 2.60. The highest BCUT2D eigenvalue weighted by Crippen LogP contribution is 2.22. The molecule has 2 aromatic carbocycles. The fourth-order valence-electron chi connectivity index (χ4n) is 2.64. The second-order valence-corrected chi connectivity index (χ2v) is 6.07. The van der Waals surface area contributed by atoms with Crippen LogP contribution < -0.4 is 11.1 Å². The Hall–Kier alpha value is -1.98. The van der Waals surface area contributed by atoms with Gasteiger partial charge in [-0.15, -0.1) is 0 Å². The molecule has 0 unspecified atom stereocenters. The Morgan fingerprint density at radius 1 is 1.26 bits per heavy atom. The number of nitrogens with zero attached hydrogens (tertiary/aromatic N) is 2. The van der Waals surface area contributed by atoms with E-state index in [4.69, 9.17) is 36.5 Å². The molecule has 0 atom stereocenters. The first-order valence-corrected chi connectivity index (χ1v) is 7.62. The Morgan fingerprint density at radius 3 is 2.70 bits per heavy atom. The highest BCUT2D eigenvalue weighted by Gasteiger charge is 2.16. The zero-order chi connectivity index (χ0) is 16.7. The molecule has 114 valence electrons. The maximum atomic E-state index is 12.6. The lowest BCUT2D eigenvalue weighted by molar-refractivity contribution is 0.0971. The van der Waals surface area contributed by atoms with Crippen LogP contribution in [0.1, 0.15) is 10.4 Å². The van der Waals surface area contributed by atoms with E-state index >= 15 is 0 Å². The van der Waals surface area contributed by atoms with Crippen LogP contribution >= 0.6 is 23.2 Å². The molecule has 7 heteroatoms. The van der Waals surface area contributed by atoms with Crippen molar-refractivity contribution in [1.82, 2.24) is 9.13 Å². The van der Waals surface area contributed by atoms with Gasteiger partial charge in [-0.2, -0.15) is 0 Å². The predicted octanol–water partition coefficient (Wildman–Crippen LogP) is 2.44. The van der Waals surface area contributed by atoms with Crippen LogP contribution in [0.25, 0.3) is 11.0 Å². The molecule has 0 saturated carbocycles. The van der Waals surface area contributed by atoms with E-state index in [1.165, 1.54) is 6.07 Å². The number of rotatable bonds is 3. The third kappa shape index (κ3) is 2.71. The van der Waals surface area contributed by atoms with Gasteiger partial charge in [-0.3, -0.25) is 10.2 Å². The fraction of sp³-hybridized carbons (Fsp3) is 0.125. The highest BCUT2D eigenvalue weighted by molar-refractivity contribution is 6.38. The van der Waals surface area contributed by atoms with Gasteiger partial charge in [-0.05, 0) is 24.3 Å². The van der Waals surface area contributed by atoms with Gasteiger partial charge in [0.2, 0.25) is 5.62 Å². The van der Waals surface area contributed by atoms with Gasteiger partial charge in [-0.1, -0.05) is 40.8 Å². The summed E-state index contributed by atoms with van der Waals surface area (Å²) in [7, 11) is 7.73. The van der Waals surface area contributed by atoms with Crippen molar-refractivity contribution in [1.29, 1.82) is 5.41 Å². The highest BCUT2D eigenvalue weighted by atomic mass is 35.5. The van der Waals surface area contributed by atoms with Crippen LogP contribution in [0.5, 0.6) is 0 Å². The van der Waals surface area contributed by atoms with Gasteiger partial charge in [0.05, 0.1) is 22.6 Å². The molecule has 3 aromatic rings. The number of aryl methyl sites for hydroxylation is 1. The van der Waals surface area contributed by atoms with Gasteiger partial charge in [0, 0.05) is 17.6 Å². The molecule has 0 saturated heterocycles. The molecule has 0 spiro atoms. The topological polar surface area (TPSA) is 50.8 Å². The first kappa shape index (κ1) is 15.9. The van der Waals surface area contributed by atoms with E-state index in [0.717, 1.165) is 11.0 Å². The van der Waals surface area contributed by atoms with E-state index in [-0.39, 0.29) is 17.9 Å². The quantitative estimate of drug-likeness (QED) is 0.576. The maximum absolute atomic E-state index is 12.6. The van der Waals surface area contributed by atoms with Crippen molar-refractivity contribution < 1.29 is 4.79 Å². The summed E-state index contributed by atoms with van der Waals surface area (Å²) in [6.07, 6.45) is 0. The molecule has 0 bridgehead atoms. The van der Waals surface area contributed by atoms with E-state index in [0.29, 0.717) is 21.1 Å². The minimum Gasteiger partial charge on any atom is -0.314 e. The lowest BCUT2D eigenvalue weighted by Gasteiger charge is -2.06. The van der Waals surface area contributed by atoms with Crippen LogP contribution in [0, 0.1) is 5.41 Å². The molecule has 3 rings (SSSR count). The van der Waals surface area contributed by atoms with Gasteiger partial charge >= 0.3 is 0 Å². The van der Waals surface area contributed by atoms with Crippen molar-refractivity contribution in [2.45, 2.75) is 6.54 Å². The first-order chi connectivity index (χ1) is 10.9. The van der Waals surface area contributed by atoms with Crippen LogP contribution in [0.2, 0.25) is 10.0 Å². The number of ketones is 1. The van der Waals surface area contributed by atoms with Crippen molar-refractivity contribution in [3.05, 3.63) is 57.6 Å². The van der Waals surface area contributed by atoms with E-state index in [1.54, 1.807) is 40.4 Å². The number of benzene rings is 2. The van der Waals surface area contributed by atoms with Gasteiger partial charge in [-0.25, -0.2) is 0 Å². The zero-order valence-electron chi connectivity index (χ0n) is 12.3. The lowest BCUT2D eigenvalue weighted by atomic mass is 9.94. The van der Waals surface area contributed by atoms with Crippen molar-refractivity contribution >= 4 is 53.3 Å². The Balaban J connectivity index is 2.09. The molecule has 1 N–H and O–H groups in total. The Morgan fingerprint density at radius 2 is 2.00 bits per heavy atom. The van der Waals surface area contributed by atoms with Crippen LogP contribution in [0.15, 0.2) is 36.4 Å². The third-order valence-electron chi connectivity index (χ3n) is 3.78. The predicted molar refractivity (Wildman–Crippen MR) is 92.9 cm³/mol. The number of nitrogens with one attached hydrogen (secondary N) is 1. The molecule has 1 aromatic heterocycles. The van der Waals surface area contributed by atoms with Crippen LogP contribution in [-0.2, 0) is 13.6 Å². The molecule has 0 aliphatic heterocycles. The number of imidazole rings is 1. The molecule has 2 radical (unpaired) electrons. The number of halogens is 2. The molecule has 1 heterocycles. The number of Topliss-reactive ketones (excluding diaryl/α,β-unsaturated/α-hetero) is 1. The second-order valence-electron chi connectivity index (χ2n) is 5.23. The zero-order valence-corrected chi connectivity index (χ0v) is 13.8. The van der Waals surface area contributed by atoms with Crippen molar-refractivity contribution in [3.63, 3.8) is 0 Å². The minimum absolute atomic E-state index is 0.000971. The van der Waals surface area contributed by atoms with E-state index < -0.39 is 0 Å². The average molecular weight is 344 g/mol. The number of fused-ring (bicyclic) bond motifs is 1. The Bertz CT molecular complexity index is 991. The average Bonchev–Trinajstić information content (AvgIpc) is 2.73. The molecular weight excluding hydrogens is 332 g/mol. The number of para-hydroxylation sites is 1. The smallest absolute Gasteiger partial charge is 0.203 e. The van der Waals surface area contributed by atoms with Gasteiger partial charge in [0.25, 0.3) is 0 Å². The summed E-state index contributed by atoms with van der Waals surface area (Å²) in [6.45, 7) is 0.000971. The SMILES string of the molecule is [B]c1cccc2c1n(C)c(=N)n2CC(=O)c1ccc(Cl)cc1Cl. The van der Waals surface area contributed by atoms with E-state index in [9.17, 15) is 4.79 Å². The van der Waals surface area contributed by atoms with Gasteiger partial charge < -0.3 is 9.13 Å². The molecule has 0 fully saturated rings. The summed E-state index contributed by atoms with van der Waals surface area (Å²) < 4.78 is 3.26. The van der Waals surface area contributed by atoms with E-state index in [1.807, 2.05) is 6.07 Å². The standard InChI is InChI=1S/C16H12BCl2N3O/c1-21-15-11(17)3-2-4-13(15)22(16(21)20)8-14(23)10-6-5-9(18)7-12(10)19/h2-7,20H,8H2,1H3. The van der Waals surface area contributed by atoms with Gasteiger partial charge in [0.1, 0.15) is 7.85 Å². The lowest BCUT2D eigenvalue weighted by Crippen LogP contribution is -2.26. The van der Waals surface area contributed by atoms with Crippen molar-refractivity contribution in [3.8, 4) is 0 Å². The number of aromatic nitrogens is 2. The summed E-state index contributed by atoms with van der Waals surface area (Å²) in [6, 6.07) is 10.1.